The second-order valence-electron chi connectivity index (χ2n) is 9.05. The number of carboxylic acids is 1. The van der Waals surface area contributed by atoms with E-state index in [1.807, 2.05) is 48.5 Å². The lowest BCUT2D eigenvalue weighted by molar-refractivity contribution is -0.166. The molecule has 186 valence electrons. The number of ether oxygens (including phenoxy) is 2. The highest BCUT2D eigenvalue weighted by atomic mass is 16.5. The van der Waals surface area contributed by atoms with E-state index in [-0.39, 0.29) is 38.5 Å². The molecule has 0 bridgehead atoms. The van der Waals surface area contributed by atoms with Crippen LogP contribution in [0.1, 0.15) is 36.8 Å². The van der Waals surface area contributed by atoms with Crippen molar-refractivity contribution in [2.75, 3.05) is 26.8 Å². The van der Waals surface area contributed by atoms with Gasteiger partial charge in [-0.1, -0.05) is 48.5 Å². The van der Waals surface area contributed by atoms with E-state index in [1.54, 1.807) is 6.92 Å². The molecule has 2 amide bonds. The lowest BCUT2D eigenvalue weighted by atomic mass is 9.91. The first-order valence-electron chi connectivity index (χ1n) is 11.6. The molecule has 3 N–H and O–H groups in total. The summed E-state index contributed by atoms with van der Waals surface area (Å²) in [5.41, 5.74) is 2.55. The van der Waals surface area contributed by atoms with Crippen LogP contribution in [0.2, 0.25) is 0 Å². The number of nitrogens with one attached hydrogen (secondary N) is 1. The zero-order valence-corrected chi connectivity index (χ0v) is 19.8. The lowest BCUT2D eigenvalue weighted by Gasteiger charge is -2.37. The van der Waals surface area contributed by atoms with Crippen LogP contribution in [0.25, 0.3) is 11.1 Å². The lowest BCUT2D eigenvalue weighted by Crippen LogP contribution is -2.58. The standard InChI is InChI=1S/C26H30N2O7/c1-16(34-2)22(23(29)28-13-11-26(33,12-14-28)24(30)31)27-25(32)35-15-21-19-9-5-3-7-17(19)18-8-4-6-10-20(18)21/h3-10,16,21-22,33H,11-15H2,1-2H3,(H,27,32)(H,30,31). The van der Waals surface area contributed by atoms with Gasteiger partial charge >= 0.3 is 12.1 Å². The van der Waals surface area contributed by atoms with Gasteiger partial charge in [0.15, 0.2) is 5.60 Å². The van der Waals surface area contributed by atoms with Gasteiger partial charge in [0.2, 0.25) is 5.91 Å². The van der Waals surface area contributed by atoms with Crippen molar-refractivity contribution >= 4 is 18.0 Å². The van der Waals surface area contributed by atoms with Gasteiger partial charge in [-0.2, -0.15) is 0 Å². The number of hydrogen-bond donors (Lipinski definition) is 3. The third-order valence-electron chi connectivity index (χ3n) is 7.02. The fourth-order valence-electron chi connectivity index (χ4n) is 4.79. The fraction of sp³-hybridized carbons (Fsp3) is 0.423. The van der Waals surface area contributed by atoms with Crippen molar-refractivity contribution in [3.05, 3.63) is 59.7 Å². The quantitative estimate of drug-likeness (QED) is 0.553. The highest BCUT2D eigenvalue weighted by Crippen LogP contribution is 2.44. The molecule has 0 radical (unpaired) electrons. The number of hydrogen-bond acceptors (Lipinski definition) is 6. The Bertz CT molecular complexity index is 1060. The number of carbonyl (C=O) groups excluding carboxylic acids is 2. The number of carboxylic acid groups (broad SMARTS) is 1. The van der Waals surface area contributed by atoms with Crippen LogP contribution in [0.15, 0.2) is 48.5 Å². The fourth-order valence-corrected chi connectivity index (χ4v) is 4.79. The summed E-state index contributed by atoms with van der Waals surface area (Å²) in [7, 11) is 1.43. The zero-order chi connectivity index (χ0) is 25.2. The van der Waals surface area contributed by atoms with E-state index in [4.69, 9.17) is 9.47 Å². The second kappa shape index (κ2) is 10.1. The maximum Gasteiger partial charge on any atom is 0.407 e. The highest BCUT2D eigenvalue weighted by Gasteiger charge is 2.42. The number of fused-ring (bicyclic) bond motifs is 3. The predicted molar refractivity (Wildman–Crippen MR) is 127 cm³/mol. The average Bonchev–Trinajstić information content (AvgIpc) is 3.19. The molecule has 35 heavy (non-hydrogen) atoms. The first-order chi connectivity index (χ1) is 16.7. The minimum Gasteiger partial charge on any atom is -0.479 e. The molecule has 0 saturated carbocycles. The Labute approximate surface area is 203 Å². The largest absolute Gasteiger partial charge is 0.479 e. The number of carbonyl (C=O) groups is 3. The molecule has 1 saturated heterocycles. The second-order valence-corrected chi connectivity index (χ2v) is 9.05. The molecule has 0 spiro atoms. The van der Waals surface area contributed by atoms with Gasteiger partial charge in [-0.05, 0) is 29.2 Å². The van der Waals surface area contributed by atoms with E-state index in [1.165, 1.54) is 12.0 Å². The molecule has 0 aromatic heterocycles. The van der Waals surface area contributed by atoms with E-state index in [9.17, 15) is 24.6 Å². The van der Waals surface area contributed by atoms with Gasteiger partial charge < -0.3 is 29.9 Å². The van der Waals surface area contributed by atoms with Crippen LogP contribution in [-0.4, -0.2) is 77.6 Å². The van der Waals surface area contributed by atoms with Gasteiger partial charge in [-0.25, -0.2) is 9.59 Å². The minimum atomic E-state index is -1.85. The Hall–Kier alpha value is -3.43. The molecule has 9 heteroatoms. The molecule has 2 aromatic carbocycles. The number of amides is 2. The summed E-state index contributed by atoms with van der Waals surface area (Å²) in [5, 5.41) is 22.0. The summed E-state index contributed by atoms with van der Waals surface area (Å²) < 4.78 is 10.9. The zero-order valence-electron chi connectivity index (χ0n) is 19.8. The molecule has 2 aromatic rings. The number of benzene rings is 2. The van der Waals surface area contributed by atoms with E-state index in [0.717, 1.165) is 22.3 Å². The molecular formula is C26H30N2O7. The van der Waals surface area contributed by atoms with Crippen LogP contribution in [-0.2, 0) is 19.1 Å². The SMILES string of the molecule is COC(C)C(NC(=O)OCC1c2ccccc2-c2ccccc21)C(=O)N1CCC(O)(C(=O)O)CC1. The van der Waals surface area contributed by atoms with Crippen LogP contribution in [0, 0.1) is 0 Å². The van der Waals surface area contributed by atoms with Gasteiger partial charge in [0.05, 0.1) is 6.10 Å². The third-order valence-corrected chi connectivity index (χ3v) is 7.02. The van der Waals surface area contributed by atoms with Crippen molar-refractivity contribution in [2.45, 2.75) is 43.4 Å². The first-order valence-corrected chi connectivity index (χ1v) is 11.6. The monoisotopic (exact) mass is 482 g/mol. The first kappa shape index (κ1) is 24.7. The number of rotatable bonds is 7. The summed E-state index contributed by atoms with van der Waals surface area (Å²) >= 11 is 0. The molecule has 1 aliphatic carbocycles. The molecule has 2 atom stereocenters. The number of aliphatic carboxylic acids is 1. The summed E-state index contributed by atoms with van der Waals surface area (Å²) in [5.74, 6) is -1.83. The van der Waals surface area contributed by atoms with Gasteiger partial charge in [-0.3, -0.25) is 4.79 Å². The van der Waals surface area contributed by atoms with Gasteiger partial charge in [-0.15, -0.1) is 0 Å². The Kier molecular flexibility index (Phi) is 7.09. The van der Waals surface area contributed by atoms with Crippen LogP contribution < -0.4 is 5.32 Å². The maximum atomic E-state index is 13.1. The summed E-state index contributed by atoms with van der Waals surface area (Å²) in [4.78, 5) is 38.6. The van der Waals surface area contributed by atoms with E-state index in [2.05, 4.69) is 5.32 Å². The molecule has 1 heterocycles. The Balaban J connectivity index is 1.41. The number of nitrogens with zero attached hydrogens (tertiary/aromatic N) is 1. The van der Waals surface area contributed by atoms with E-state index < -0.39 is 35.7 Å². The number of methoxy groups -OCH3 is 1. The topological polar surface area (TPSA) is 125 Å². The molecular weight excluding hydrogens is 452 g/mol. The maximum absolute atomic E-state index is 13.1. The number of alkyl carbamates (subject to hydrolysis) is 1. The average molecular weight is 483 g/mol. The predicted octanol–water partition coefficient (Wildman–Crippen LogP) is 2.37. The molecule has 2 unspecified atom stereocenters. The summed E-state index contributed by atoms with van der Waals surface area (Å²) in [6.07, 6.45) is -1.57. The number of likely N-dealkylation sites (tertiary alicyclic amines) is 1. The van der Waals surface area contributed by atoms with Crippen molar-refractivity contribution in [2.24, 2.45) is 0 Å². The minimum absolute atomic E-state index is 0.0565. The van der Waals surface area contributed by atoms with Gasteiger partial charge in [0.1, 0.15) is 12.6 Å². The van der Waals surface area contributed by atoms with Crippen molar-refractivity contribution in [3.63, 3.8) is 0 Å². The van der Waals surface area contributed by atoms with Crippen LogP contribution in [0.3, 0.4) is 0 Å². The van der Waals surface area contributed by atoms with Gasteiger partial charge in [0, 0.05) is 39.0 Å². The Morgan fingerprint density at radius 3 is 2.11 bits per heavy atom. The van der Waals surface area contributed by atoms with Crippen LogP contribution >= 0.6 is 0 Å². The van der Waals surface area contributed by atoms with E-state index in [0.29, 0.717) is 0 Å². The highest BCUT2D eigenvalue weighted by molar-refractivity contribution is 5.87. The van der Waals surface area contributed by atoms with Crippen LogP contribution in [0.4, 0.5) is 4.79 Å². The van der Waals surface area contributed by atoms with Crippen molar-refractivity contribution in [1.29, 1.82) is 0 Å². The van der Waals surface area contributed by atoms with Crippen LogP contribution in [0.5, 0.6) is 0 Å². The normalized spacial score (nSPS) is 18.2. The Morgan fingerprint density at radius 2 is 1.60 bits per heavy atom. The van der Waals surface area contributed by atoms with E-state index >= 15 is 0 Å². The smallest absolute Gasteiger partial charge is 0.407 e. The van der Waals surface area contributed by atoms with Crippen molar-refractivity contribution in [3.8, 4) is 11.1 Å². The number of aliphatic hydroxyl groups is 1. The molecule has 4 rings (SSSR count). The molecule has 1 aliphatic heterocycles. The van der Waals surface area contributed by atoms with Crippen molar-refractivity contribution in [1.82, 2.24) is 10.2 Å². The molecule has 9 nitrogen and oxygen atoms in total. The Morgan fingerprint density at radius 1 is 1.06 bits per heavy atom. The summed E-state index contributed by atoms with van der Waals surface area (Å²) in [6, 6.07) is 15.0. The molecule has 1 fully saturated rings. The van der Waals surface area contributed by atoms with Gasteiger partial charge in [0.25, 0.3) is 0 Å². The molecule has 2 aliphatic rings. The van der Waals surface area contributed by atoms with Crippen molar-refractivity contribution < 1.29 is 34.1 Å². The number of piperidine rings is 1. The summed E-state index contributed by atoms with van der Waals surface area (Å²) in [6.45, 7) is 1.88. The third kappa shape index (κ3) is 4.87.